The van der Waals surface area contributed by atoms with Crippen LogP contribution in [0.4, 0.5) is 13.2 Å². The molecule has 1 aromatic carbocycles. The van der Waals surface area contributed by atoms with E-state index >= 15 is 0 Å². The molecule has 1 unspecified atom stereocenters. The van der Waals surface area contributed by atoms with Crippen molar-refractivity contribution in [3.8, 4) is 0 Å². The van der Waals surface area contributed by atoms with Crippen molar-refractivity contribution in [2.24, 2.45) is 0 Å². The van der Waals surface area contributed by atoms with Gasteiger partial charge in [-0.2, -0.15) is 18.3 Å². The summed E-state index contributed by atoms with van der Waals surface area (Å²) in [4.78, 5) is 25.3. The van der Waals surface area contributed by atoms with Crippen molar-refractivity contribution in [1.82, 2.24) is 20.1 Å². The first-order valence-corrected chi connectivity index (χ1v) is 10.4. The Hall–Kier alpha value is -3.73. The van der Waals surface area contributed by atoms with Crippen molar-refractivity contribution in [1.29, 1.82) is 0 Å². The number of hydrogen-bond donors (Lipinski definition) is 2. The Morgan fingerprint density at radius 1 is 1.15 bits per heavy atom. The van der Waals surface area contributed by atoms with Crippen LogP contribution in [0.5, 0.6) is 0 Å². The molecule has 0 radical (unpaired) electrons. The van der Waals surface area contributed by atoms with Gasteiger partial charge in [-0.25, -0.2) is 4.79 Å². The number of hydrogen-bond acceptors (Lipinski definition) is 5. The molecule has 2 N–H and O–H groups in total. The van der Waals surface area contributed by atoms with Crippen LogP contribution in [0, 0.1) is 0 Å². The van der Waals surface area contributed by atoms with Crippen molar-refractivity contribution < 1.29 is 32.6 Å². The fourth-order valence-electron chi connectivity index (χ4n) is 3.27. The number of carbonyl (C=O) groups excluding carboxylic acids is 1. The molecule has 0 fully saturated rings. The van der Waals surface area contributed by atoms with Crippen molar-refractivity contribution >= 4 is 11.9 Å². The van der Waals surface area contributed by atoms with Gasteiger partial charge in [0.05, 0.1) is 25.3 Å². The number of rotatable bonds is 6. The fourth-order valence-corrected chi connectivity index (χ4v) is 3.27. The minimum absolute atomic E-state index is 0.0619. The van der Waals surface area contributed by atoms with Crippen molar-refractivity contribution in [2.45, 2.75) is 31.7 Å². The van der Waals surface area contributed by atoms with Crippen LogP contribution in [-0.2, 0) is 33.7 Å². The summed E-state index contributed by atoms with van der Waals surface area (Å²) in [7, 11) is 0. The Morgan fingerprint density at radius 2 is 1.85 bits per heavy atom. The second-order valence-corrected chi connectivity index (χ2v) is 7.44. The number of nitrogens with one attached hydrogen (secondary N) is 1. The average Bonchev–Trinajstić information content (AvgIpc) is 3.22. The highest BCUT2D eigenvalue weighted by Crippen LogP contribution is 2.25. The SMILES string of the molecule is O=C(Cc1ccccn1)NCC1OCCc2cn(Cc3ccccc3)nc21.O=C(O)C(F)(F)F. The molecule has 180 valence electrons. The zero-order chi connectivity index (χ0) is 24.6. The van der Waals surface area contributed by atoms with Gasteiger partial charge < -0.3 is 15.2 Å². The zero-order valence-corrected chi connectivity index (χ0v) is 18.0. The van der Waals surface area contributed by atoms with Crippen LogP contribution < -0.4 is 5.32 Å². The van der Waals surface area contributed by atoms with E-state index < -0.39 is 12.1 Å². The standard InChI is InChI=1S/C21H22N4O2.C2HF3O2/c26-20(12-18-8-4-5-10-22-18)23-13-19-21-17(9-11-27-19)15-25(24-21)14-16-6-2-1-3-7-16;3-2(4,5)1(6)7/h1-8,10,15,19H,9,11-14H2,(H,23,26);(H,6,7). The largest absolute Gasteiger partial charge is 0.490 e. The number of halogens is 3. The lowest BCUT2D eigenvalue weighted by molar-refractivity contribution is -0.192. The van der Waals surface area contributed by atoms with E-state index in [9.17, 15) is 18.0 Å². The van der Waals surface area contributed by atoms with Gasteiger partial charge in [0, 0.05) is 24.6 Å². The van der Waals surface area contributed by atoms with Crippen molar-refractivity contribution in [3.05, 3.63) is 83.4 Å². The highest BCUT2D eigenvalue weighted by Gasteiger charge is 2.38. The summed E-state index contributed by atoms with van der Waals surface area (Å²) in [5.41, 5.74) is 4.09. The normalized spacial score (nSPS) is 15.0. The molecule has 3 heterocycles. The van der Waals surface area contributed by atoms with E-state index in [1.165, 1.54) is 11.1 Å². The average molecular weight is 476 g/mol. The first-order valence-electron chi connectivity index (χ1n) is 10.4. The summed E-state index contributed by atoms with van der Waals surface area (Å²) < 4.78 is 39.6. The number of carbonyl (C=O) groups is 2. The number of nitrogens with zero attached hydrogens (tertiary/aromatic N) is 3. The van der Waals surface area contributed by atoms with E-state index in [-0.39, 0.29) is 18.4 Å². The molecule has 1 amide bonds. The van der Waals surface area contributed by atoms with Crippen molar-refractivity contribution in [2.75, 3.05) is 13.2 Å². The van der Waals surface area contributed by atoms with E-state index in [0.717, 1.165) is 24.4 Å². The number of aromatic nitrogens is 3. The van der Waals surface area contributed by atoms with Crippen LogP contribution in [0.1, 0.15) is 28.6 Å². The maximum Gasteiger partial charge on any atom is 0.490 e. The highest BCUT2D eigenvalue weighted by molar-refractivity contribution is 5.78. The summed E-state index contributed by atoms with van der Waals surface area (Å²) in [6.07, 6.45) is -0.393. The number of fused-ring (bicyclic) bond motifs is 1. The van der Waals surface area contributed by atoms with Gasteiger partial charge in [0.1, 0.15) is 6.10 Å². The molecule has 0 saturated carbocycles. The highest BCUT2D eigenvalue weighted by atomic mass is 19.4. The smallest absolute Gasteiger partial charge is 0.475 e. The van der Waals surface area contributed by atoms with Gasteiger partial charge in [0.2, 0.25) is 5.91 Å². The monoisotopic (exact) mass is 476 g/mol. The third kappa shape index (κ3) is 7.41. The second kappa shape index (κ2) is 11.4. The predicted molar refractivity (Wildman–Crippen MR) is 115 cm³/mol. The Labute approximate surface area is 193 Å². The molecule has 0 spiro atoms. The molecule has 4 rings (SSSR count). The number of carboxylic acids is 1. The fraction of sp³-hybridized carbons (Fsp3) is 0.304. The van der Waals surface area contributed by atoms with Crippen LogP contribution in [0.15, 0.2) is 60.9 Å². The number of benzene rings is 1. The van der Waals surface area contributed by atoms with E-state index in [1.54, 1.807) is 6.20 Å². The van der Waals surface area contributed by atoms with E-state index in [2.05, 4.69) is 28.6 Å². The topological polar surface area (TPSA) is 106 Å². The number of amides is 1. The van der Waals surface area contributed by atoms with Crippen LogP contribution in [0.2, 0.25) is 0 Å². The second-order valence-electron chi connectivity index (χ2n) is 7.44. The zero-order valence-electron chi connectivity index (χ0n) is 18.0. The Bertz CT molecular complexity index is 1090. The number of aliphatic carboxylic acids is 1. The molecule has 34 heavy (non-hydrogen) atoms. The van der Waals surface area contributed by atoms with Gasteiger partial charge in [-0.15, -0.1) is 0 Å². The van der Waals surface area contributed by atoms with E-state index in [1.807, 2.05) is 41.1 Å². The van der Waals surface area contributed by atoms with Gasteiger partial charge >= 0.3 is 12.1 Å². The first-order chi connectivity index (χ1) is 16.2. The lowest BCUT2D eigenvalue weighted by Gasteiger charge is -2.22. The number of pyridine rings is 1. The minimum Gasteiger partial charge on any atom is -0.475 e. The number of carboxylic acid groups (broad SMARTS) is 1. The quantitative estimate of drug-likeness (QED) is 0.567. The Kier molecular flexibility index (Phi) is 8.36. The number of alkyl halides is 3. The molecule has 0 bridgehead atoms. The Balaban J connectivity index is 0.000000406. The van der Waals surface area contributed by atoms with Crippen LogP contribution >= 0.6 is 0 Å². The van der Waals surface area contributed by atoms with Gasteiger partial charge in [-0.05, 0) is 29.7 Å². The van der Waals surface area contributed by atoms with Gasteiger partial charge in [-0.3, -0.25) is 14.5 Å². The molecular formula is C23H23F3N4O4. The maximum absolute atomic E-state index is 12.2. The first kappa shape index (κ1) is 24.9. The molecule has 0 aliphatic carbocycles. The van der Waals surface area contributed by atoms with E-state index in [4.69, 9.17) is 19.7 Å². The van der Waals surface area contributed by atoms with Gasteiger partial charge in [0.25, 0.3) is 0 Å². The van der Waals surface area contributed by atoms with Crippen LogP contribution in [-0.4, -0.2) is 51.1 Å². The Morgan fingerprint density at radius 3 is 2.50 bits per heavy atom. The molecule has 1 aliphatic heterocycles. The van der Waals surface area contributed by atoms with Crippen LogP contribution in [0.3, 0.4) is 0 Å². The molecule has 0 saturated heterocycles. The van der Waals surface area contributed by atoms with Gasteiger partial charge in [0.15, 0.2) is 0 Å². The molecule has 11 heteroatoms. The summed E-state index contributed by atoms with van der Waals surface area (Å²) in [6, 6.07) is 15.8. The lowest BCUT2D eigenvalue weighted by Crippen LogP contribution is -2.33. The van der Waals surface area contributed by atoms with Crippen molar-refractivity contribution in [3.63, 3.8) is 0 Å². The molecule has 1 atom stereocenters. The molecule has 8 nitrogen and oxygen atoms in total. The van der Waals surface area contributed by atoms with Gasteiger partial charge in [-0.1, -0.05) is 36.4 Å². The molecule has 2 aromatic heterocycles. The summed E-state index contributed by atoms with van der Waals surface area (Å²) in [5.74, 6) is -2.82. The molecule has 1 aliphatic rings. The summed E-state index contributed by atoms with van der Waals surface area (Å²) in [6.45, 7) is 1.79. The predicted octanol–water partition coefficient (Wildman–Crippen LogP) is 2.93. The molecular weight excluding hydrogens is 453 g/mol. The third-order valence-corrected chi connectivity index (χ3v) is 4.85. The molecule has 3 aromatic rings. The van der Waals surface area contributed by atoms with Crippen LogP contribution in [0.25, 0.3) is 0 Å². The number of ether oxygens (including phenoxy) is 1. The lowest BCUT2D eigenvalue weighted by atomic mass is 10.1. The maximum atomic E-state index is 12.2. The van der Waals surface area contributed by atoms with E-state index in [0.29, 0.717) is 13.2 Å². The summed E-state index contributed by atoms with van der Waals surface area (Å²) in [5, 5.41) is 14.8. The summed E-state index contributed by atoms with van der Waals surface area (Å²) >= 11 is 0. The third-order valence-electron chi connectivity index (χ3n) is 4.85. The minimum atomic E-state index is -5.08.